The molecule has 0 fully saturated rings. The van der Waals surface area contributed by atoms with E-state index in [4.69, 9.17) is 10.5 Å². The van der Waals surface area contributed by atoms with Crippen LogP contribution in [0.15, 0.2) is 30.3 Å². The third kappa shape index (κ3) is 2.63. The first-order valence-electron chi connectivity index (χ1n) is 6.17. The van der Waals surface area contributed by atoms with Gasteiger partial charge < -0.3 is 4.74 Å². The standard InChI is InChI=1S/C14H23NO/c1-4-12(5-2)14(15,16-6-3)13-10-8-7-9-11-13/h7-12H,4-6,15H2,1-3H3. The van der Waals surface area contributed by atoms with E-state index in [2.05, 4.69) is 13.8 Å². The van der Waals surface area contributed by atoms with E-state index in [1.165, 1.54) is 0 Å². The summed E-state index contributed by atoms with van der Waals surface area (Å²) in [4.78, 5) is 0. The van der Waals surface area contributed by atoms with Gasteiger partial charge in [0.05, 0.1) is 0 Å². The molecular formula is C14H23NO. The highest BCUT2D eigenvalue weighted by molar-refractivity contribution is 5.22. The van der Waals surface area contributed by atoms with Crippen LogP contribution in [0.1, 0.15) is 39.2 Å². The zero-order chi connectivity index (χ0) is 12.0. The van der Waals surface area contributed by atoms with Crippen molar-refractivity contribution in [2.75, 3.05) is 6.61 Å². The van der Waals surface area contributed by atoms with Crippen molar-refractivity contribution in [3.8, 4) is 0 Å². The van der Waals surface area contributed by atoms with Crippen molar-refractivity contribution in [1.29, 1.82) is 0 Å². The lowest BCUT2D eigenvalue weighted by atomic mass is 9.85. The maximum atomic E-state index is 6.47. The van der Waals surface area contributed by atoms with Crippen LogP contribution in [0.3, 0.4) is 0 Å². The summed E-state index contributed by atoms with van der Waals surface area (Å²) in [6.07, 6.45) is 2.06. The molecule has 2 N–H and O–H groups in total. The summed E-state index contributed by atoms with van der Waals surface area (Å²) < 4.78 is 5.84. The first-order valence-corrected chi connectivity index (χ1v) is 6.17. The molecule has 1 rings (SSSR count). The monoisotopic (exact) mass is 221 g/mol. The fourth-order valence-electron chi connectivity index (χ4n) is 2.27. The van der Waals surface area contributed by atoms with Gasteiger partial charge in [-0.1, -0.05) is 44.2 Å². The van der Waals surface area contributed by atoms with Crippen LogP contribution in [0.2, 0.25) is 0 Å². The van der Waals surface area contributed by atoms with E-state index < -0.39 is 5.72 Å². The molecular weight excluding hydrogens is 198 g/mol. The largest absolute Gasteiger partial charge is 0.357 e. The summed E-state index contributed by atoms with van der Waals surface area (Å²) >= 11 is 0. The average Bonchev–Trinajstić information content (AvgIpc) is 2.32. The summed E-state index contributed by atoms with van der Waals surface area (Å²) in [6, 6.07) is 10.1. The normalized spacial score (nSPS) is 15.1. The van der Waals surface area contributed by atoms with Gasteiger partial charge in [-0.15, -0.1) is 0 Å². The minimum Gasteiger partial charge on any atom is -0.357 e. The second-order valence-corrected chi connectivity index (χ2v) is 4.11. The molecule has 1 aromatic carbocycles. The van der Waals surface area contributed by atoms with Crippen LogP contribution in [0.4, 0.5) is 0 Å². The van der Waals surface area contributed by atoms with Crippen LogP contribution >= 0.6 is 0 Å². The predicted octanol–water partition coefficient (Wildman–Crippen LogP) is 3.27. The Bertz CT molecular complexity index is 295. The highest BCUT2D eigenvalue weighted by Gasteiger charge is 2.35. The zero-order valence-electron chi connectivity index (χ0n) is 10.6. The van der Waals surface area contributed by atoms with Crippen molar-refractivity contribution in [2.45, 2.75) is 39.3 Å². The van der Waals surface area contributed by atoms with Crippen LogP contribution < -0.4 is 5.73 Å². The molecule has 0 saturated heterocycles. The van der Waals surface area contributed by atoms with Crippen molar-refractivity contribution in [1.82, 2.24) is 0 Å². The Balaban J connectivity index is 3.05. The van der Waals surface area contributed by atoms with E-state index in [0.29, 0.717) is 12.5 Å². The van der Waals surface area contributed by atoms with Gasteiger partial charge in [-0.3, -0.25) is 5.73 Å². The summed E-state index contributed by atoms with van der Waals surface area (Å²) in [5, 5.41) is 0. The van der Waals surface area contributed by atoms with E-state index in [1.807, 2.05) is 37.3 Å². The fourth-order valence-corrected chi connectivity index (χ4v) is 2.27. The number of hydrogen-bond donors (Lipinski definition) is 1. The lowest BCUT2D eigenvalue weighted by molar-refractivity contribution is -0.0871. The van der Waals surface area contributed by atoms with Gasteiger partial charge in [-0.2, -0.15) is 0 Å². The molecule has 0 radical (unpaired) electrons. The van der Waals surface area contributed by atoms with Gasteiger partial charge in [-0.05, 0) is 25.3 Å². The first-order chi connectivity index (χ1) is 7.69. The maximum absolute atomic E-state index is 6.47. The number of ether oxygens (including phenoxy) is 1. The molecule has 1 aromatic rings. The number of rotatable bonds is 6. The van der Waals surface area contributed by atoms with Gasteiger partial charge in [0.25, 0.3) is 0 Å². The summed E-state index contributed by atoms with van der Waals surface area (Å²) in [5.41, 5.74) is 6.91. The SMILES string of the molecule is CCOC(N)(c1ccccc1)C(CC)CC. The molecule has 1 atom stereocenters. The third-order valence-corrected chi connectivity index (χ3v) is 3.20. The quantitative estimate of drug-likeness (QED) is 0.748. The molecule has 0 aliphatic heterocycles. The molecule has 0 saturated carbocycles. The Labute approximate surface area is 98.8 Å². The van der Waals surface area contributed by atoms with E-state index in [-0.39, 0.29) is 0 Å². The molecule has 0 heterocycles. The van der Waals surface area contributed by atoms with Crippen LogP contribution in [-0.4, -0.2) is 6.61 Å². The highest BCUT2D eigenvalue weighted by atomic mass is 16.5. The molecule has 0 aliphatic rings. The predicted molar refractivity (Wildman–Crippen MR) is 68.0 cm³/mol. The molecule has 0 aromatic heterocycles. The molecule has 2 heteroatoms. The Morgan fingerprint density at radius 3 is 2.12 bits per heavy atom. The highest BCUT2D eigenvalue weighted by Crippen LogP contribution is 2.32. The molecule has 90 valence electrons. The van der Waals surface area contributed by atoms with E-state index >= 15 is 0 Å². The molecule has 1 unspecified atom stereocenters. The lowest BCUT2D eigenvalue weighted by Gasteiger charge is -2.36. The Morgan fingerprint density at radius 1 is 1.12 bits per heavy atom. The molecule has 0 amide bonds. The third-order valence-electron chi connectivity index (χ3n) is 3.20. The zero-order valence-corrected chi connectivity index (χ0v) is 10.6. The minimum atomic E-state index is -0.639. The molecule has 0 spiro atoms. The molecule has 16 heavy (non-hydrogen) atoms. The van der Waals surface area contributed by atoms with Crippen molar-refractivity contribution in [3.63, 3.8) is 0 Å². The van der Waals surface area contributed by atoms with Gasteiger partial charge in [0.2, 0.25) is 0 Å². The fraction of sp³-hybridized carbons (Fsp3) is 0.571. The topological polar surface area (TPSA) is 35.2 Å². The summed E-state index contributed by atoms with van der Waals surface area (Å²) in [5.74, 6) is 0.356. The number of benzene rings is 1. The van der Waals surface area contributed by atoms with Crippen molar-refractivity contribution >= 4 is 0 Å². The average molecular weight is 221 g/mol. The minimum absolute atomic E-state index is 0.356. The Morgan fingerprint density at radius 2 is 1.69 bits per heavy atom. The lowest BCUT2D eigenvalue weighted by Crippen LogP contribution is -2.46. The summed E-state index contributed by atoms with van der Waals surface area (Å²) in [7, 11) is 0. The van der Waals surface area contributed by atoms with Gasteiger partial charge >= 0.3 is 0 Å². The summed E-state index contributed by atoms with van der Waals surface area (Å²) in [6.45, 7) is 6.96. The van der Waals surface area contributed by atoms with Gasteiger partial charge in [0, 0.05) is 12.5 Å². The number of hydrogen-bond acceptors (Lipinski definition) is 2. The molecule has 2 nitrogen and oxygen atoms in total. The molecule has 0 bridgehead atoms. The van der Waals surface area contributed by atoms with Crippen LogP contribution in [0.5, 0.6) is 0 Å². The second-order valence-electron chi connectivity index (χ2n) is 4.11. The number of nitrogens with two attached hydrogens (primary N) is 1. The van der Waals surface area contributed by atoms with Crippen LogP contribution in [0.25, 0.3) is 0 Å². The molecule has 0 aliphatic carbocycles. The van der Waals surface area contributed by atoms with Crippen molar-refractivity contribution < 1.29 is 4.74 Å². The van der Waals surface area contributed by atoms with Crippen molar-refractivity contribution in [3.05, 3.63) is 35.9 Å². The van der Waals surface area contributed by atoms with E-state index in [1.54, 1.807) is 0 Å². The Kier molecular flexibility index (Phi) is 4.97. The van der Waals surface area contributed by atoms with Gasteiger partial charge in [-0.25, -0.2) is 0 Å². The van der Waals surface area contributed by atoms with Crippen LogP contribution in [0, 0.1) is 5.92 Å². The van der Waals surface area contributed by atoms with E-state index in [9.17, 15) is 0 Å². The van der Waals surface area contributed by atoms with Gasteiger partial charge in [0.1, 0.15) is 5.72 Å². The Hall–Kier alpha value is -0.860. The smallest absolute Gasteiger partial charge is 0.145 e. The maximum Gasteiger partial charge on any atom is 0.145 e. The van der Waals surface area contributed by atoms with E-state index in [0.717, 1.165) is 18.4 Å². The van der Waals surface area contributed by atoms with Crippen LogP contribution in [-0.2, 0) is 10.5 Å². The van der Waals surface area contributed by atoms with Crippen molar-refractivity contribution in [2.24, 2.45) is 11.7 Å². The first kappa shape index (κ1) is 13.2. The second kappa shape index (κ2) is 6.02. The van der Waals surface area contributed by atoms with Gasteiger partial charge in [0.15, 0.2) is 0 Å².